The number of hydrogen-bond donors (Lipinski definition) is 0. The second kappa shape index (κ2) is 9.38. The predicted molar refractivity (Wildman–Crippen MR) is 100 cm³/mol. The molecule has 0 saturated carbocycles. The summed E-state index contributed by atoms with van der Waals surface area (Å²) in [5, 5.41) is 0.959. The van der Waals surface area contributed by atoms with Crippen molar-refractivity contribution in [3.8, 4) is 11.8 Å². The lowest BCUT2D eigenvalue weighted by atomic mass is 10.2. The van der Waals surface area contributed by atoms with Gasteiger partial charge in [-0.3, -0.25) is 0 Å². The van der Waals surface area contributed by atoms with Crippen LogP contribution in [-0.2, 0) is 4.74 Å². The lowest BCUT2D eigenvalue weighted by Gasteiger charge is -2.26. The number of ether oxygens (including phenoxy) is 2. The summed E-state index contributed by atoms with van der Waals surface area (Å²) in [5.41, 5.74) is 0.770. The highest BCUT2D eigenvalue weighted by Gasteiger charge is 2.18. The van der Waals surface area contributed by atoms with Crippen LogP contribution in [0.3, 0.4) is 0 Å². The minimum atomic E-state index is 0.0548. The number of nitrogens with zero attached hydrogens (tertiary/aromatic N) is 4. The van der Waals surface area contributed by atoms with Gasteiger partial charge in [-0.1, -0.05) is 37.0 Å². The number of aryl methyl sites for hydroxylation is 1. The molecule has 9 heteroatoms. The molecule has 25 heavy (non-hydrogen) atoms. The van der Waals surface area contributed by atoms with Crippen LogP contribution in [0.25, 0.3) is 0 Å². The molecule has 1 aliphatic rings. The number of hydrogen-bond acceptors (Lipinski definition) is 6. The van der Waals surface area contributed by atoms with Crippen molar-refractivity contribution >= 4 is 40.8 Å². The van der Waals surface area contributed by atoms with Crippen molar-refractivity contribution in [2.75, 3.05) is 31.2 Å². The Bertz CT molecular complexity index is 702. The Morgan fingerprint density at radius 1 is 1.04 bits per heavy atom. The highest BCUT2D eigenvalue weighted by atomic mass is 35.5. The van der Waals surface area contributed by atoms with Crippen molar-refractivity contribution in [3.63, 3.8) is 0 Å². The maximum atomic E-state index is 6.17. The molecule has 0 unspecified atom stereocenters. The summed E-state index contributed by atoms with van der Waals surface area (Å²) >= 11 is 18.1. The fraction of sp³-hybridized carbons (Fsp3) is 0.438. The molecule has 1 aromatic carbocycles. The summed E-state index contributed by atoms with van der Waals surface area (Å²) in [7, 11) is 0. The highest BCUT2D eigenvalue weighted by Crippen LogP contribution is 2.34. The van der Waals surface area contributed by atoms with Crippen LogP contribution >= 0.6 is 34.8 Å². The highest BCUT2D eigenvalue weighted by molar-refractivity contribution is 6.35. The SMILES string of the molecule is CC.Cc1cc(Cl)cc(Cl)c1Oc1nc(Cl)nc(N2CCOCC2)n1. The number of halogens is 3. The Balaban J connectivity index is 0.00000109. The van der Waals surface area contributed by atoms with E-state index in [-0.39, 0.29) is 11.3 Å². The third-order valence-corrected chi connectivity index (χ3v) is 3.93. The Morgan fingerprint density at radius 3 is 2.36 bits per heavy atom. The van der Waals surface area contributed by atoms with Crippen LogP contribution in [0.5, 0.6) is 11.8 Å². The minimum absolute atomic E-state index is 0.0548. The quantitative estimate of drug-likeness (QED) is 0.731. The second-order valence-electron chi connectivity index (χ2n) is 4.92. The van der Waals surface area contributed by atoms with Gasteiger partial charge in [-0.2, -0.15) is 15.0 Å². The maximum absolute atomic E-state index is 6.17. The number of anilines is 1. The lowest BCUT2D eigenvalue weighted by Crippen LogP contribution is -2.37. The summed E-state index contributed by atoms with van der Waals surface area (Å²) in [4.78, 5) is 14.4. The van der Waals surface area contributed by atoms with E-state index >= 15 is 0 Å². The third kappa shape index (κ3) is 5.31. The smallest absolute Gasteiger partial charge is 0.328 e. The molecular formula is C16H19Cl3N4O2. The molecule has 6 nitrogen and oxygen atoms in total. The molecule has 0 radical (unpaired) electrons. The molecule has 0 aliphatic carbocycles. The van der Waals surface area contributed by atoms with E-state index in [9.17, 15) is 0 Å². The van der Waals surface area contributed by atoms with E-state index in [1.54, 1.807) is 12.1 Å². The number of morpholine rings is 1. The van der Waals surface area contributed by atoms with Gasteiger partial charge >= 0.3 is 6.01 Å². The van der Waals surface area contributed by atoms with E-state index in [0.29, 0.717) is 48.0 Å². The van der Waals surface area contributed by atoms with Gasteiger partial charge in [0, 0.05) is 18.1 Å². The first-order chi connectivity index (χ1) is 12.0. The van der Waals surface area contributed by atoms with Crippen LogP contribution in [0.15, 0.2) is 12.1 Å². The molecule has 1 saturated heterocycles. The maximum Gasteiger partial charge on any atom is 0.328 e. The van der Waals surface area contributed by atoms with Crippen molar-refractivity contribution in [1.29, 1.82) is 0 Å². The van der Waals surface area contributed by atoms with Gasteiger partial charge in [0.2, 0.25) is 11.2 Å². The number of rotatable bonds is 3. The molecule has 0 N–H and O–H groups in total. The van der Waals surface area contributed by atoms with Gasteiger partial charge in [0.1, 0.15) is 0 Å². The van der Waals surface area contributed by atoms with E-state index in [1.165, 1.54) is 0 Å². The zero-order chi connectivity index (χ0) is 18.4. The Morgan fingerprint density at radius 2 is 1.72 bits per heavy atom. The van der Waals surface area contributed by atoms with Crippen molar-refractivity contribution in [2.24, 2.45) is 0 Å². The summed E-state index contributed by atoms with van der Waals surface area (Å²) < 4.78 is 11.0. The molecule has 0 spiro atoms. The van der Waals surface area contributed by atoms with Gasteiger partial charge in [-0.25, -0.2) is 0 Å². The summed E-state index contributed by atoms with van der Waals surface area (Å²) in [5.74, 6) is 0.886. The van der Waals surface area contributed by atoms with Crippen LogP contribution in [0.2, 0.25) is 15.3 Å². The Labute approximate surface area is 162 Å². The molecule has 3 rings (SSSR count). The average Bonchev–Trinajstić information content (AvgIpc) is 2.60. The minimum Gasteiger partial charge on any atom is -0.422 e. The van der Waals surface area contributed by atoms with Gasteiger partial charge in [0.25, 0.3) is 0 Å². The molecule has 1 aliphatic heterocycles. The van der Waals surface area contributed by atoms with Crippen LogP contribution in [0.1, 0.15) is 19.4 Å². The Kier molecular flexibility index (Phi) is 7.50. The molecule has 2 heterocycles. The largest absolute Gasteiger partial charge is 0.422 e. The van der Waals surface area contributed by atoms with Crippen molar-refractivity contribution in [1.82, 2.24) is 15.0 Å². The van der Waals surface area contributed by atoms with Gasteiger partial charge in [-0.15, -0.1) is 0 Å². The molecule has 0 amide bonds. The van der Waals surface area contributed by atoms with E-state index in [2.05, 4.69) is 15.0 Å². The van der Waals surface area contributed by atoms with Crippen LogP contribution in [0.4, 0.5) is 5.95 Å². The molecule has 0 bridgehead atoms. The van der Waals surface area contributed by atoms with Gasteiger partial charge in [-0.05, 0) is 36.2 Å². The molecule has 1 fully saturated rings. The Hall–Kier alpha value is -1.34. The van der Waals surface area contributed by atoms with Crippen LogP contribution in [-0.4, -0.2) is 41.3 Å². The van der Waals surface area contributed by atoms with Crippen molar-refractivity contribution in [3.05, 3.63) is 33.0 Å². The van der Waals surface area contributed by atoms with Gasteiger partial charge in [0.05, 0.1) is 18.2 Å². The molecule has 136 valence electrons. The summed E-state index contributed by atoms with van der Waals surface area (Å²) in [6.45, 7) is 8.42. The summed E-state index contributed by atoms with van der Waals surface area (Å²) in [6.07, 6.45) is 0. The topological polar surface area (TPSA) is 60.4 Å². The second-order valence-corrected chi connectivity index (χ2v) is 6.10. The first kappa shape index (κ1) is 20.0. The van der Waals surface area contributed by atoms with E-state index in [0.717, 1.165) is 5.56 Å². The average molecular weight is 406 g/mol. The summed E-state index contributed by atoms with van der Waals surface area (Å²) in [6, 6.07) is 3.42. The van der Waals surface area contributed by atoms with Crippen molar-refractivity contribution < 1.29 is 9.47 Å². The fourth-order valence-corrected chi connectivity index (χ4v) is 2.96. The number of aromatic nitrogens is 3. The first-order valence-electron chi connectivity index (χ1n) is 7.90. The van der Waals surface area contributed by atoms with Gasteiger partial charge in [0.15, 0.2) is 5.75 Å². The molecule has 2 aromatic rings. The predicted octanol–water partition coefficient (Wildman–Crippen LogP) is 4.80. The molecule has 0 atom stereocenters. The standard InChI is InChI=1S/C14H13Cl3N4O2.C2H6/c1-8-6-9(15)7-10(16)11(8)23-14-19-12(17)18-13(20-14)21-2-4-22-5-3-21;1-2/h6-7H,2-5H2,1H3;1-2H3. The first-order valence-corrected chi connectivity index (χ1v) is 9.04. The van der Waals surface area contributed by atoms with E-state index < -0.39 is 0 Å². The van der Waals surface area contributed by atoms with E-state index in [4.69, 9.17) is 44.3 Å². The monoisotopic (exact) mass is 404 g/mol. The van der Waals surface area contributed by atoms with Crippen LogP contribution < -0.4 is 9.64 Å². The zero-order valence-corrected chi connectivity index (χ0v) is 16.5. The molecule has 1 aromatic heterocycles. The zero-order valence-electron chi connectivity index (χ0n) is 14.2. The lowest BCUT2D eigenvalue weighted by molar-refractivity contribution is 0.122. The van der Waals surface area contributed by atoms with Gasteiger partial charge < -0.3 is 14.4 Å². The molecular weight excluding hydrogens is 387 g/mol. The normalized spacial score (nSPS) is 13.9. The van der Waals surface area contributed by atoms with Crippen molar-refractivity contribution in [2.45, 2.75) is 20.8 Å². The van der Waals surface area contributed by atoms with Crippen LogP contribution in [0, 0.1) is 6.92 Å². The third-order valence-electron chi connectivity index (χ3n) is 3.26. The van der Waals surface area contributed by atoms with E-state index in [1.807, 2.05) is 25.7 Å². The fourth-order valence-electron chi connectivity index (χ4n) is 2.18. The number of benzene rings is 1.